The minimum absolute atomic E-state index is 0.0741. The van der Waals surface area contributed by atoms with Crippen LogP contribution in [0, 0.1) is 0 Å². The Balaban J connectivity index is 1.84. The van der Waals surface area contributed by atoms with Gasteiger partial charge in [0.15, 0.2) is 5.82 Å². The van der Waals surface area contributed by atoms with Gasteiger partial charge in [-0.15, -0.1) is 5.10 Å². The van der Waals surface area contributed by atoms with Gasteiger partial charge in [-0.1, -0.05) is 35.5 Å². The van der Waals surface area contributed by atoms with E-state index in [9.17, 15) is 4.79 Å². The number of benzene rings is 1. The van der Waals surface area contributed by atoms with Crippen molar-refractivity contribution < 1.29 is 14.6 Å². The number of aromatic amines is 1. The lowest BCUT2D eigenvalue weighted by Crippen LogP contribution is -1.98. The summed E-state index contributed by atoms with van der Waals surface area (Å²) >= 11 is 7.24. The fraction of sp³-hybridized carbons (Fsp3) is 0.250. The summed E-state index contributed by atoms with van der Waals surface area (Å²) in [6, 6.07) is 7.15. The fourth-order valence-corrected chi connectivity index (χ4v) is 2.28. The van der Waals surface area contributed by atoms with Gasteiger partial charge in [-0.3, -0.25) is 9.89 Å². The number of halogens is 1. The van der Waals surface area contributed by atoms with Crippen molar-refractivity contribution >= 4 is 29.3 Å². The highest BCUT2D eigenvalue weighted by molar-refractivity contribution is 7.99. The van der Waals surface area contributed by atoms with Crippen molar-refractivity contribution in [1.82, 2.24) is 15.2 Å². The van der Waals surface area contributed by atoms with E-state index in [4.69, 9.17) is 21.4 Å². The number of ether oxygens (including phenoxy) is 1. The van der Waals surface area contributed by atoms with Crippen LogP contribution in [0.4, 0.5) is 0 Å². The van der Waals surface area contributed by atoms with Crippen LogP contribution >= 0.6 is 23.4 Å². The number of aromatic nitrogens is 3. The average Bonchev–Trinajstić information content (AvgIpc) is 2.85. The lowest BCUT2D eigenvalue weighted by molar-refractivity contribution is -0.136. The van der Waals surface area contributed by atoms with Gasteiger partial charge in [0.2, 0.25) is 5.16 Å². The maximum Gasteiger partial charge on any atom is 0.304 e. The minimum atomic E-state index is -0.838. The SMILES string of the molecule is O=C(O)CCSc1n[nH]c(COc2ccccc2Cl)n1. The Bertz CT molecular complexity index is 591. The molecule has 0 radical (unpaired) electrons. The number of carbonyl (C=O) groups is 1. The van der Waals surface area contributed by atoms with Gasteiger partial charge >= 0.3 is 5.97 Å². The third-order valence-electron chi connectivity index (χ3n) is 2.26. The molecule has 0 unspecified atom stereocenters. The van der Waals surface area contributed by atoms with E-state index in [1.165, 1.54) is 11.8 Å². The number of rotatable bonds is 7. The van der Waals surface area contributed by atoms with E-state index in [0.717, 1.165) is 0 Å². The molecule has 1 aromatic heterocycles. The molecule has 0 saturated carbocycles. The van der Waals surface area contributed by atoms with E-state index in [1.807, 2.05) is 12.1 Å². The van der Waals surface area contributed by atoms with Crippen LogP contribution in [0.25, 0.3) is 0 Å². The van der Waals surface area contributed by atoms with Crippen molar-refractivity contribution in [2.75, 3.05) is 5.75 Å². The van der Waals surface area contributed by atoms with Gasteiger partial charge in [-0.05, 0) is 12.1 Å². The molecule has 106 valence electrons. The van der Waals surface area contributed by atoms with Crippen LogP contribution in [-0.4, -0.2) is 32.0 Å². The van der Waals surface area contributed by atoms with Crippen molar-refractivity contribution in [2.45, 2.75) is 18.2 Å². The third-order valence-corrected chi connectivity index (χ3v) is 3.42. The standard InChI is InChI=1S/C12H12ClN3O3S/c13-8-3-1-2-4-9(8)19-7-10-14-12(16-15-10)20-6-5-11(17)18/h1-4H,5-7H2,(H,17,18)(H,14,15,16). The van der Waals surface area contributed by atoms with Crippen LogP contribution in [0.5, 0.6) is 5.75 Å². The fourth-order valence-electron chi connectivity index (χ4n) is 1.34. The zero-order valence-electron chi connectivity index (χ0n) is 10.4. The summed E-state index contributed by atoms with van der Waals surface area (Å²) in [5.74, 6) is 0.724. The molecular weight excluding hydrogens is 302 g/mol. The van der Waals surface area contributed by atoms with E-state index in [-0.39, 0.29) is 13.0 Å². The van der Waals surface area contributed by atoms with Crippen LogP contribution in [-0.2, 0) is 11.4 Å². The highest BCUT2D eigenvalue weighted by Crippen LogP contribution is 2.23. The maximum atomic E-state index is 10.4. The van der Waals surface area contributed by atoms with Crippen molar-refractivity contribution in [1.29, 1.82) is 0 Å². The van der Waals surface area contributed by atoms with Crippen LogP contribution in [0.1, 0.15) is 12.2 Å². The minimum Gasteiger partial charge on any atom is -0.484 e. The number of hydrogen-bond acceptors (Lipinski definition) is 5. The van der Waals surface area contributed by atoms with Crippen LogP contribution in [0.15, 0.2) is 29.4 Å². The monoisotopic (exact) mass is 313 g/mol. The van der Waals surface area contributed by atoms with E-state index < -0.39 is 5.97 Å². The number of hydrogen-bond donors (Lipinski definition) is 2. The molecule has 20 heavy (non-hydrogen) atoms. The van der Waals surface area contributed by atoms with Crippen molar-refractivity contribution in [3.8, 4) is 5.75 Å². The van der Waals surface area contributed by atoms with Gasteiger partial charge in [-0.25, -0.2) is 4.98 Å². The first-order valence-corrected chi connectivity index (χ1v) is 7.14. The summed E-state index contributed by atoms with van der Waals surface area (Å²) in [5, 5.41) is 16.3. The average molecular weight is 314 g/mol. The smallest absolute Gasteiger partial charge is 0.304 e. The number of nitrogens with zero attached hydrogens (tertiary/aromatic N) is 2. The van der Waals surface area contributed by atoms with Crippen molar-refractivity contribution in [3.05, 3.63) is 35.1 Å². The number of thioether (sulfide) groups is 1. The first-order chi connectivity index (χ1) is 9.65. The Hall–Kier alpha value is -1.73. The summed E-state index contributed by atoms with van der Waals surface area (Å²) < 4.78 is 5.51. The Morgan fingerprint density at radius 3 is 3.00 bits per heavy atom. The van der Waals surface area contributed by atoms with Gasteiger partial charge in [-0.2, -0.15) is 0 Å². The van der Waals surface area contributed by atoms with E-state index in [0.29, 0.717) is 27.5 Å². The molecule has 0 fully saturated rings. The van der Waals surface area contributed by atoms with Crippen molar-refractivity contribution in [2.24, 2.45) is 0 Å². The normalized spacial score (nSPS) is 10.4. The summed E-state index contributed by atoms with van der Waals surface area (Å²) in [5.41, 5.74) is 0. The molecular formula is C12H12ClN3O3S. The first kappa shape index (κ1) is 14.7. The van der Waals surface area contributed by atoms with Crippen molar-refractivity contribution in [3.63, 3.8) is 0 Å². The lowest BCUT2D eigenvalue weighted by atomic mass is 10.3. The molecule has 2 aromatic rings. The summed E-state index contributed by atoms with van der Waals surface area (Å²) in [6.45, 7) is 0.218. The highest BCUT2D eigenvalue weighted by Gasteiger charge is 2.07. The molecule has 1 heterocycles. The molecule has 6 nitrogen and oxygen atoms in total. The topological polar surface area (TPSA) is 88.1 Å². The Morgan fingerprint density at radius 1 is 1.45 bits per heavy atom. The molecule has 0 amide bonds. The lowest BCUT2D eigenvalue weighted by Gasteiger charge is -2.04. The molecule has 2 rings (SSSR count). The number of H-pyrrole nitrogens is 1. The van der Waals surface area contributed by atoms with Crippen LogP contribution < -0.4 is 4.74 Å². The molecule has 0 aliphatic heterocycles. The highest BCUT2D eigenvalue weighted by atomic mass is 35.5. The number of carboxylic acid groups (broad SMARTS) is 1. The van der Waals surface area contributed by atoms with Gasteiger partial charge in [0.25, 0.3) is 0 Å². The second kappa shape index (κ2) is 7.16. The molecule has 0 bridgehead atoms. The van der Waals surface area contributed by atoms with E-state index in [1.54, 1.807) is 12.1 Å². The Labute approximate surface area is 124 Å². The molecule has 0 saturated heterocycles. The molecule has 0 aliphatic rings. The second-order valence-electron chi connectivity index (χ2n) is 3.78. The molecule has 0 spiro atoms. The summed E-state index contributed by atoms with van der Waals surface area (Å²) in [6.07, 6.45) is 0.0741. The number of carboxylic acids is 1. The largest absolute Gasteiger partial charge is 0.484 e. The van der Waals surface area contributed by atoms with Gasteiger partial charge < -0.3 is 9.84 Å². The molecule has 1 aromatic carbocycles. The number of nitrogens with one attached hydrogen (secondary N) is 1. The Morgan fingerprint density at radius 2 is 2.25 bits per heavy atom. The molecule has 8 heteroatoms. The van der Waals surface area contributed by atoms with Gasteiger partial charge in [0, 0.05) is 5.75 Å². The van der Waals surface area contributed by atoms with E-state index in [2.05, 4.69) is 15.2 Å². The molecule has 0 atom stereocenters. The van der Waals surface area contributed by atoms with E-state index >= 15 is 0 Å². The summed E-state index contributed by atoms with van der Waals surface area (Å²) in [4.78, 5) is 14.6. The zero-order chi connectivity index (χ0) is 14.4. The number of aliphatic carboxylic acids is 1. The second-order valence-corrected chi connectivity index (χ2v) is 5.25. The van der Waals surface area contributed by atoms with Crippen LogP contribution in [0.3, 0.4) is 0 Å². The van der Waals surface area contributed by atoms with Gasteiger partial charge in [0.1, 0.15) is 12.4 Å². The number of para-hydroxylation sites is 1. The summed E-state index contributed by atoms with van der Waals surface area (Å²) in [7, 11) is 0. The quantitative estimate of drug-likeness (QED) is 0.764. The van der Waals surface area contributed by atoms with Crippen LogP contribution in [0.2, 0.25) is 5.02 Å². The zero-order valence-corrected chi connectivity index (χ0v) is 11.9. The predicted octanol–water partition coefficient (Wildman–Crippen LogP) is 2.60. The van der Waals surface area contributed by atoms with Gasteiger partial charge in [0.05, 0.1) is 11.4 Å². The predicted molar refractivity (Wildman–Crippen MR) is 75.1 cm³/mol. The Kier molecular flexibility index (Phi) is 5.25. The third kappa shape index (κ3) is 4.43. The molecule has 2 N–H and O–H groups in total. The molecule has 0 aliphatic carbocycles. The maximum absolute atomic E-state index is 10.4. The first-order valence-electron chi connectivity index (χ1n) is 5.78.